The van der Waals surface area contributed by atoms with E-state index in [4.69, 9.17) is 9.15 Å². The van der Waals surface area contributed by atoms with Crippen LogP contribution < -0.4 is 5.32 Å². The van der Waals surface area contributed by atoms with Crippen molar-refractivity contribution in [3.8, 4) is 0 Å². The number of esters is 1. The Morgan fingerprint density at radius 2 is 2.24 bits per heavy atom. The fourth-order valence-electron chi connectivity index (χ4n) is 2.01. The lowest BCUT2D eigenvalue weighted by Gasteiger charge is -2.40. The molecule has 0 aromatic carbocycles. The number of hydrogen-bond donors (Lipinski definition) is 1. The molecular weight excluding hydrogens is 222 g/mol. The maximum atomic E-state index is 11.4. The van der Waals surface area contributed by atoms with Crippen molar-refractivity contribution in [2.24, 2.45) is 0 Å². The second kappa shape index (κ2) is 4.50. The lowest BCUT2D eigenvalue weighted by atomic mass is 9.91. The van der Waals surface area contributed by atoms with Crippen LogP contribution in [0, 0.1) is 6.92 Å². The normalized spacial score (nSPS) is 17.6. The van der Waals surface area contributed by atoms with Gasteiger partial charge in [0.15, 0.2) is 0 Å². The van der Waals surface area contributed by atoms with E-state index in [0.717, 1.165) is 18.8 Å². The van der Waals surface area contributed by atoms with Gasteiger partial charge in [-0.25, -0.2) is 4.79 Å². The van der Waals surface area contributed by atoms with Crippen molar-refractivity contribution in [1.82, 2.24) is 5.32 Å². The molecule has 1 N–H and O–H groups in total. The van der Waals surface area contributed by atoms with E-state index < -0.39 is 0 Å². The number of nitrogens with one attached hydrogen (secondary N) is 1. The van der Waals surface area contributed by atoms with Gasteiger partial charge in [0.05, 0.1) is 12.7 Å². The quantitative estimate of drug-likeness (QED) is 0.791. The van der Waals surface area contributed by atoms with Gasteiger partial charge in [0.2, 0.25) is 0 Å². The van der Waals surface area contributed by atoms with E-state index in [9.17, 15) is 4.79 Å². The van der Waals surface area contributed by atoms with Crippen LogP contribution in [0.1, 0.15) is 21.9 Å². The Morgan fingerprint density at radius 3 is 2.71 bits per heavy atom. The first-order valence-corrected chi connectivity index (χ1v) is 5.54. The minimum absolute atomic E-state index is 0.197. The van der Waals surface area contributed by atoms with E-state index in [2.05, 4.69) is 10.1 Å². The van der Waals surface area contributed by atoms with Gasteiger partial charge in [-0.05, 0) is 13.0 Å². The Labute approximate surface area is 100 Å². The first-order chi connectivity index (χ1) is 8.10. The number of aryl methyl sites for hydroxylation is 1. The van der Waals surface area contributed by atoms with E-state index in [-0.39, 0.29) is 11.6 Å². The number of furan rings is 1. The molecule has 5 nitrogen and oxygen atoms in total. The van der Waals surface area contributed by atoms with E-state index in [0.29, 0.717) is 17.7 Å². The van der Waals surface area contributed by atoms with Gasteiger partial charge < -0.3 is 19.2 Å². The summed E-state index contributed by atoms with van der Waals surface area (Å²) in [5.41, 5.74) is 0.290. The first-order valence-electron chi connectivity index (χ1n) is 5.54. The highest BCUT2D eigenvalue weighted by Gasteiger charge is 2.38. The topological polar surface area (TPSA) is 60.7 Å². The lowest BCUT2D eigenvalue weighted by molar-refractivity contribution is -0.0534. The zero-order valence-corrected chi connectivity index (χ0v) is 10.3. The minimum Gasteiger partial charge on any atom is -0.465 e. The molecule has 0 aliphatic carbocycles. The molecule has 2 rings (SSSR count). The van der Waals surface area contributed by atoms with Gasteiger partial charge >= 0.3 is 5.97 Å². The third kappa shape index (κ3) is 2.21. The third-order valence-corrected chi connectivity index (χ3v) is 3.20. The summed E-state index contributed by atoms with van der Waals surface area (Å²) in [7, 11) is 3.05. The monoisotopic (exact) mass is 239 g/mol. The molecule has 1 aromatic heterocycles. The zero-order valence-electron chi connectivity index (χ0n) is 10.3. The van der Waals surface area contributed by atoms with Crippen molar-refractivity contribution >= 4 is 5.97 Å². The molecule has 17 heavy (non-hydrogen) atoms. The summed E-state index contributed by atoms with van der Waals surface area (Å²) < 4.78 is 15.7. The average molecular weight is 239 g/mol. The number of carbonyl (C=O) groups is 1. The van der Waals surface area contributed by atoms with Gasteiger partial charge in [0.1, 0.15) is 17.1 Å². The van der Waals surface area contributed by atoms with Crippen LogP contribution in [0.3, 0.4) is 0 Å². The molecule has 0 bridgehead atoms. The van der Waals surface area contributed by atoms with Gasteiger partial charge in [-0.3, -0.25) is 0 Å². The van der Waals surface area contributed by atoms with Gasteiger partial charge in [0, 0.05) is 26.6 Å². The highest BCUT2D eigenvalue weighted by atomic mass is 16.5. The van der Waals surface area contributed by atoms with Crippen LogP contribution in [0.5, 0.6) is 0 Å². The number of methoxy groups -OCH3 is 2. The average Bonchev–Trinajstić information content (AvgIpc) is 2.64. The van der Waals surface area contributed by atoms with Crippen LogP contribution in [0.25, 0.3) is 0 Å². The van der Waals surface area contributed by atoms with Gasteiger partial charge in [0.25, 0.3) is 0 Å². The van der Waals surface area contributed by atoms with Crippen molar-refractivity contribution < 1.29 is 18.7 Å². The van der Waals surface area contributed by atoms with E-state index in [1.165, 1.54) is 7.11 Å². The molecule has 1 aliphatic heterocycles. The standard InChI is InChI=1S/C12H17NO4/c1-8-10(11(14)15-2)4-9(17-8)5-12(16-3)6-13-7-12/h4,13H,5-7H2,1-3H3. The number of ether oxygens (including phenoxy) is 2. The van der Waals surface area contributed by atoms with Gasteiger partial charge in [-0.2, -0.15) is 0 Å². The maximum absolute atomic E-state index is 11.4. The Balaban J connectivity index is 2.15. The third-order valence-electron chi connectivity index (χ3n) is 3.20. The highest BCUT2D eigenvalue weighted by molar-refractivity contribution is 5.90. The highest BCUT2D eigenvalue weighted by Crippen LogP contribution is 2.25. The molecule has 5 heteroatoms. The Morgan fingerprint density at radius 1 is 1.53 bits per heavy atom. The molecule has 1 aromatic rings. The number of carbonyl (C=O) groups excluding carboxylic acids is 1. The maximum Gasteiger partial charge on any atom is 0.341 e. The van der Waals surface area contributed by atoms with Crippen LogP contribution >= 0.6 is 0 Å². The molecule has 0 spiro atoms. The fraction of sp³-hybridized carbons (Fsp3) is 0.583. The number of rotatable bonds is 4. The van der Waals surface area contributed by atoms with Crippen molar-refractivity contribution in [2.45, 2.75) is 18.9 Å². The molecule has 0 radical (unpaired) electrons. The predicted octanol–water partition coefficient (Wildman–Crippen LogP) is 0.906. The summed E-state index contributed by atoms with van der Waals surface area (Å²) in [5, 5.41) is 3.17. The fourth-order valence-corrected chi connectivity index (χ4v) is 2.01. The zero-order chi connectivity index (χ0) is 12.5. The Hall–Kier alpha value is -1.33. The summed E-state index contributed by atoms with van der Waals surface area (Å²) in [5.74, 6) is 0.979. The van der Waals surface area contributed by atoms with Crippen LogP contribution in [0.15, 0.2) is 10.5 Å². The van der Waals surface area contributed by atoms with Crippen molar-refractivity contribution in [1.29, 1.82) is 0 Å². The van der Waals surface area contributed by atoms with Crippen LogP contribution in [-0.4, -0.2) is 38.9 Å². The van der Waals surface area contributed by atoms with Crippen molar-refractivity contribution in [3.63, 3.8) is 0 Å². The van der Waals surface area contributed by atoms with E-state index in [1.54, 1.807) is 20.1 Å². The van der Waals surface area contributed by atoms with Gasteiger partial charge in [-0.1, -0.05) is 0 Å². The molecule has 2 heterocycles. The summed E-state index contributed by atoms with van der Waals surface area (Å²) in [4.78, 5) is 11.4. The van der Waals surface area contributed by atoms with Crippen LogP contribution in [0.4, 0.5) is 0 Å². The molecule has 0 saturated carbocycles. The van der Waals surface area contributed by atoms with Gasteiger partial charge in [-0.15, -0.1) is 0 Å². The van der Waals surface area contributed by atoms with E-state index in [1.807, 2.05) is 0 Å². The smallest absolute Gasteiger partial charge is 0.341 e. The summed E-state index contributed by atoms with van der Waals surface area (Å²) >= 11 is 0. The lowest BCUT2D eigenvalue weighted by Crippen LogP contribution is -2.61. The Bertz CT molecular complexity index is 415. The Kier molecular flexibility index (Phi) is 3.22. The van der Waals surface area contributed by atoms with Crippen molar-refractivity contribution in [3.05, 3.63) is 23.2 Å². The molecule has 94 valence electrons. The van der Waals surface area contributed by atoms with Crippen molar-refractivity contribution in [2.75, 3.05) is 27.3 Å². The van der Waals surface area contributed by atoms with Crippen LogP contribution in [0.2, 0.25) is 0 Å². The SMILES string of the molecule is COC(=O)c1cc(CC2(OC)CNC2)oc1C. The molecule has 0 unspecified atom stereocenters. The molecule has 1 saturated heterocycles. The second-order valence-electron chi connectivity index (χ2n) is 4.34. The minimum atomic E-state index is -0.365. The summed E-state index contributed by atoms with van der Waals surface area (Å²) in [6.45, 7) is 3.36. The summed E-state index contributed by atoms with van der Waals surface area (Å²) in [6.07, 6.45) is 0.661. The molecule has 0 atom stereocenters. The van der Waals surface area contributed by atoms with E-state index >= 15 is 0 Å². The largest absolute Gasteiger partial charge is 0.465 e. The first kappa shape index (κ1) is 12.1. The molecule has 0 amide bonds. The molecule has 1 fully saturated rings. The predicted molar refractivity (Wildman–Crippen MR) is 61.1 cm³/mol. The summed E-state index contributed by atoms with van der Waals surface area (Å²) in [6, 6.07) is 1.74. The molecule has 1 aliphatic rings. The second-order valence-corrected chi connectivity index (χ2v) is 4.34. The number of hydrogen-bond acceptors (Lipinski definition) is 5. The van der Waals surface area contributed by atoms with Crippen LogP contribution in [-0.2, 0) is 15.9 Å². The molecular formula is C12H17NO4.